The molecule has 11 aromatic carbocycles. The van der Waals surface area contributed by atoms with E-state index in [9.17, 15) is 0 Å². The van der Waals surface area contributed by atoms with E-state index in [1.165, 1.54) is 74.8 Å². The van der Waals surface area contributed by atoms with Gasteiger partial charge in [-0.05, 0) is 106 Å². The first kappa shape index (κ1) is 48.0. The monoisotopic (exact) mass is 1020 g/mol. The molecule has 0 bridgehead atoms. The zero-order valence-electron chi connectivity index (χ0n) is 41.2. The second-order valence-electron chi connectivity index (χ2n) is 18.1. The molecular weight excluding hydrogens is 968 g/mol. The van der Waals surface area contributed by atoms with Gasteiger partial charge in [0.1, 0.15) is 24.7 Å². The molecule has 1 aliphatic heterocycles. The highest BCUT2D eigenvalue weighted by Gasteiger charge is 2.31. The number of rotatable bonds is 10. The van der Waals surface area contributed by atoms with Gasteiger partial charge in [0, 0.05) is 28.3 Å². The molecule has 0 spiro atoms. The third kappa shape index (κ3) is 10.0. The Morgan fingerprint density at radius 3 is 1.00 bits per heavy atom. The highest BCUT2D eigenvalue weighted by molar-refractivity contribution is 7.81. The fourth-order valence-electron chi connectivity index (χ4n) is 10.2. The molecule has 3 nitrogen and oxygen atoms in total. The maximum atomic E-state index is 6.49. The van der Waals surface area contributed by atoms with Crippen LogP contribution in [0.3, 0.4) is 0 Å². The van der Waals surface area contributed by atoms with Crippen LogP contribution in [-0.4, -0.2) is 18.2 Å². The van der Waals surface area contributed by atoms with E-state index in [4.69, 9.17) is 14.5 Å². The van der Waals surface area contributed by atoms with Gasteiger partial charge in [-0.3, -0.25) is 4.98 Å². The van der Waals surface area contributed by atoms with E-state index in [0.717, 1.165) is 28.3 Å². The summed E-state index contributed by atoms with van der Waals surface area (Å²) in [5, 5.41) is 16.7. The molecule has 12 aromatic rings. The van der Waals surface area contributed by atoms with Crippen molar-refractivity contribution in [3.8, 4) is 33.9 Å². The van der Waals surface area contributed by atoms with Crippen molar-refractivity contribution in [1.29, 1.82) is 0 Å². The quantitative estimate of drug-likeness (QED) is 0.128. The Labute approximate surface area is 443 Å². The molecule has 75 heavy (non-hydrogen) atoms. The zero-order valence-corrected chi connectivity index (χ0v) is 43.9. The summed E-state index contributed by atoms with van der Waals surface area (Å²) >= 11 is 0. The number of ether oxygens (including phenoxy) is 2. The number of hydrogen-bond acceptors (Lipinski definition) is 3. The van der Waals surface area contributed by atoms with Gasteiger partial charge in [0.25, 0.3) is 0 Å². The minimum Gasteiger partial charge on any atom is -0.489 e. The van der Waals surface area contributed by atoms with Gasteiger partial charge in [0.05, 0.1) is 5.69 Å². The Morgan fingerprint density at radius 1 is 0.267 bits per heavy atom. The first-order chi connectivity index (χ1) is 37.3. The van der Waals surface area contributed by atoms with Crippen LogP contribution in [0.5, 0.6) is 11.5 Å². The van der Waals surface area contributed by atoms with E-state index >= 15 is 0 Å². The normalized spacial score (nSPS) is 11.9. The molecule has 0 saturated heterocycles. The summed E-state index contributed by atoms with van der Waals surface area (Å²) in [6.45, 7) is 1.00. The average Bonchev–Trinajstić information content (AvgIpc) is 3.50. The van der Waals surface area contributed by atoms with Crippen LogP contribution < -0.4 is 57.2 Å². The molecule has 0 aliphatic carbocycles. The van der Waals surface area contributed by atoms with Gasteiger partial charge >= 0.3 is 0 Å². The van der Waals surface area contributed by atoms with Crippen molar-refractivity contribution in [1.82, 2.24) is 4.98 Å². The van der Waals surface area contributed by atoms with E-state index < -0.39 is 23.8 Å². The molecule has 2 heterocycles. The molecule has 0 radical (unpaired) electrons. The van der Waals surface area contributed by atoms with E-state index in [2.05, 4.69) is 285 Å². The van der Waals surface area contributed by atoms with Crippen molar-refractivity contribution in [3.63, 3.8) is 0 Å². The summed E-state index contributed by atoms with van der Waals surface area (Å²) in [5.41, 5.74) is 4.57. The van der Waals surface area contributed by atoms with Crippen LogP contribution in [0.1, 0.15) is 0 Å². The molecule has 0 unspecified atom stereocenters. The SMILES string of the molecule is c1ccc(P(c2ccccc2)c2ccc3ccccc3c2-c2nccc3ccccc23)cc1.c1ccc(P(c2ccccc2)c2cccc3c2-c2c(cccc2P(c2ccccc2)c2ccccc2)OCCO3)cc1. The number of nitrogens with zero attached hydrogens (tertiary/aromatic N) is 1. The van der Waals surface area contributed by atoms with E-state index in [-0.39, 0.29) is 0 Å². The summed E-state index contributed by atoms with van der Waals surface area (Å²) in [4.78, 5) is 4.97. The predicted molar refractivity (Wildman–Crippen MR) is 324 cm³/mol. The zero-order chi connectivity index (χ0) is 50.2. The first-order valence-corrected chi connectivity index (χ1v) is 29.4. The number of hydrogen-bond donors (Lipinski definition) is 0. The lowest BCUT2D eigenvalue weighted by Gasteiger charge is -2.30. The molecule has 1 aliphatic rings. The summed E-state index contributed by atoms with van der Waals surface area (Å²) in [7, 11) is -2.51. The van der Waals surface area contributed by atoms with Crippen molar-refractivity contribution >= 4 is 93.1 Å². The average molecular weight is 1020 g/mol. The largest absolute Gasteiger partial charge is 0.489 e. The Hall–Kier alpha value is -8.02. The third-order valence-electron chi connectivity index (χ3n) is 13.5. The van der Waals surface area contributed by atoms with Crippen molar-refractivity contribution in [2.45, 2.75) is 0 Å². The Kier molecular flexibility index (Phi) is 14.5. The van der Waals surface area contributed by atoms with Crippen molar-refractivity contribution in [2.75, 3.05) is 13.2 Å². The van der Waals surface area contributed by atoms with Crippen LogP contribution in [-0.2, 0) is 0 Å². The molecule has 0 saturated carbocycles. The van der Waals surface area contributed by atoms with Gasteiger partial charge in [-0.15, -0.1) is 0 Å². The van der Waals surface area contributed by atoms with Crippen molar-refractivity contribution in [2.24, 2.45) is 0 Å². The lowest BCUT2D eigenvalue weighted by atomic mass is 9.98. The topological polar surface area (TPSA) is 31.4 Å². The van der Waals surface area contributed by atoms with Crippen LogP contribution in [0, 0.1) is 0 Å². The molecule has 0 atom stereocenters. The Bertz CT molecular complexity index is 3590. The van der Waals surface area contributed by atoms with Gasteiger partial charge in [0.15, 0.2) is 0 Å². The maximum absolute atomic E-state index is 6.49. The number of benzene rings is 11. The highest BCUT2D eigenvalue weighted by atomic mass is 31.1. The molecule has 360 valence electrons. The minimum absolute atomic E-state index is 0.501. The van der Waals surface area contributed by atoms with Crippen molar-refractivity contribution < 1.29 is 9.47 Å². The molecule has 13 rings (SSSR count). The van der Waals surface area contributed by atoms with Crippen LogP contribution in [0.25, 0.3) is 43.9 Å². The minimum atomic E-state index is -0.874. The van der Waals surface area contributed by atoms with Crippen molar-refractivity contribution in [3.05, 3.63) is 291 Å². The maximum Gasteiger partial charge on any atom is 0.128 e. The summed E-state index contributed by atoms with van der Waals surface area (Å²) in [5.74, 6) is 1.83. The first-order valence-electron chi connectivity index (χ1n) is 25.4. The lowest BCUT2D eigenvalue weighted by Crippen LogP contribution is -2.28. The number of aromatic nitrogens is 1. The Balaban J connectivity index is 0.000000156. The predicted octanol–water partition coefficient (Wildman–Crippen LogP) is 13.5. The fourth-order valence-corrected chi connectivity index (χ4v) is 17.6. The summed E-state index contributed by atoms with van der Waals surface area (Å²) in [6, 6.07) is 102. The fraction of sp³-hybridized carbons (Fsp3) is 0.0290. The molecule has 0 fully saturated rings. The Morgan fingerprint density at radius 2 is 0.600 bits per heavy atom. The van der Waals surface area contributed by atoms with Gasteiger partial charge in [-0.1, -0.05) is 267 Å². The van der Waals surface area contributed by atoms with Crippen LogP contribution in [0.4, 0.5) is 0 Å². The third-order valence-corrected chi connectivity index (χ3v) is 20.9. The second kappa shape index (κ2) is 22.6. The molecule has 0 N–H and O–H groups in total. The van der Waals surface area contributed by atoms with Crippen LogP contribution in [0.15, 0.2) is 291 Å². The van der Waals surface area contributed by atoms with Gasteiger partial charge in [-0.25, -0.2) is 0 Å². The second-order valence-corrected chi connectivity index (χ2v) is 24.6. The van der Waals surface area contributed by atoms with Crippen LogP contribution >= 0.6 is 23.8 Å². The van der Waals surface area contributed by atoms with Gasteiger partial charge < -0.3 is 9.47 Å². The van der Waals surface area contributed by atoms with E-state index in [0.29, 0.717) is 13.2 Å². The van der Waals surface area contributed by atoms with Crippen LogP contribution in [0.2, 0.25) is 0 Å². The highest BCUT2D eigenvalue weighted by Crippen LogP contribution is 2.48. The summed E-state index contributed by atoms with van der Waals surface area (Å²) in [6.07, 6.45) is 1.94. The standard InChI is InChI=1S/C38H30O2P2.C31H22NP/c1-5-15-29(16-6-1)41(30-17-7-2-8-18-30)35-25-13-23-33-37(35)38-34(40-28-27-39-33)24-14-26-36(38)42(31-19-9-3-10-20-31)32-21-11-4-12-22-32;1-3-13-25(14-4-1)33(26-15-5-2-6-16-26)29-20-19-23-11-7-9-17-27(23)30(29)31-28-18-10-8-12-24(28)21-22-32-31/h1-26H,27-28H2;1-22H. The summed E-state index contributed by atoms with van der Waals surface area (Å²) < 4.78 is 13.0. The molecular formula is C69H52NO2P3. The van der Waals surface area contributed by atoms with Gasteiger partial charge in [-0.2, -0.15) is 0 Å². The van der Waals surface area contributed by atoms with E-state index in [1.54, 1.807) is 0 Å². The van der Waals surface area contributed by atoms with E-state index in [1.807, 2.05) is 6.20 Å². The molecule has 0 amide bonds. The lowest BCUT2D eigenvalue weighted by molar-refractivity contribution is 0.214. The number of pyridine rings is 1. The van der Waals surface area contributed by atoms with Gasteiger partial charge in [0.2, 0.25) is 0 Å². The number of fused-ring (bicyclic) bond motifs is 5. The molecule has 1 aromatic heterocycles. The smallest absolute Gasteiger partial charge is 0.128 e. The molecule has 6 heteroatoms.